The van der Waals surface area contributed by atoms with Gasteiger partial charge in [0.2, 0.25) is 0 Å². The van der Waals surface area contributed by atoms with Crippen LogP contribution in [0.25, 0.3) is 0 Å². The first kappa shape index (κ1) is 9.59. The molecule has 0 atom stereocenters. The van der Waals surface area contributed by atoms with E-state index >= 15 is 0 Å². The average molecular weight is 184 g/mol. The molecule has 0 heterocycles. The fourth-order valence-corrected chi connectivity index (χ4v) is 1.91. The van der Waals surface area contributed by atoms with Crippen LogP contribution in [0.3, 0.4) is 0 Å². The Morgan fingerprint density at radius 1 is 1.33 bits per heavy atom. The number of hydrogen-bond donors (Lipinski definition) is 0. The van der Waals surface area contributed by atoms with Crippen LogP contribution in [0.2, 0.25) is 0 Å². The SMILES string of the molecule is CC(C)c1ccccc1SCF. The third-order valence-corrected chi connectivity index (χ3v) is 2.54. The first-order valence-electron chi connectivity index (χ1n) is 4.03. The molecule has 0 aromatic heterocycles. The van der Waals surface area contributed by atoms with Gasteiger partial charge in [-0.3, -0.25) is 0 Å². The summed E-state index contributed by atoms with van der Waals surface area (Å²) in [5.41, 5.74) is 1.24. The van der Waals surface area contributed by atoms with Gasteiger partial charge in [-0.05, 0) is 17.5 Å². The maximum Gasteiger partial charge on any atom is 0.139 e. The van der Waals surface area contributed by atoms with E-state index in [0.717, 1.165) is 4.90 Å². The molecule has 0 saturated heterocycles. The number of alkyl halides is 1. The molecule has 1 aromatic rings. The van der Waals surface area contributed by atoms with E-state index in [1.807, 2.05) is 18.2 Å². The van der Waals surface area contributed by atoms with Gasteiger partial charge in [-0.1, -0.05) is 43.8 Å². The fraction of sp³-hybridized carbons (Fsp3) is 0.400. The first-order chi connectivity index (χ1) is 5.75. The Bertz CT molecular complexity index is 245. The van der Waals surface area contributed by atoms with Crippen LogP contribution in [0.4, 0.5) is 4.39 Å². The monoisotopic (exact) mass is 184 g/mol. The second kappa shape index (κ2) is 4.51. The lowest BCUT2D eigenvalue weighted by Crippen LogP contribution is -1.89. The fourth-order valence-electron chi connectivity index (χ4n) is 1.15. The predicted octanol–water partition coefficient (Wildman–Crippen LogP) is 3.83. The van der Waals surface area contributed by atoms with Gasteiger partial charge in [-0.15, -0.1) is 0 Å². The lowest BCUT2D eigenvalue weighted by atomic mass is 10.0. The van der Waals surface area contributed by atoms with Gasteiger partial charge in [0, 0.05) is 4.90 Å². The van der Waals surface area contributed by atoms with E-state index in [4.69, 9.17) is 0 Å². The molecule has 0 aliphatic rings. The van der Waals surface area contributed by atoms with Crippen molar-refractivity contribution >= 4 is 11.8 Å². The Labute approximate surface area is 77.2 Å². The van der Waals surface area contributed by atoms with E-state index in [0.29, 0.717) is 5.92 Å². The number of benzene rings is 1. The van der Waals surface area contributed by atoms with E-state index in [1.165, 1.54) is 17.3 Å². The molecule has 0 unspecified atom stereocenters. The molecule has 0 spiro atoms. The molecule has 1 rings (SSSR count). The van der Waals surface area contributed by atoms with Crippen LogP contribution in [-0.4, -0.2) is 6.01 Å². The van der Waals surface area contributed by atoms with Crippen LogP contribution >= 0.6 is 11.8 Å². The summed E-state index contributed by atoms with van der Waals surface area (Å²) >= 11 is 1.26. The van der Waals surface area contributed by atoms with E-state index in [-0.39, 0.29) is 6.01 Å². The van der Waals surface area contributed by atoms with Crippen molar-refractivity contribution in [3.8, 4) is 0 Å². The number of hydrogen-bond acceptors (Lipinski definition) is 1. The third kappa shape index (κ3) is 2.24. The average Bonchev–Trinajstić information content (AvgIpc) is 2.05. The topological polar surface area (TPSA) is 0 Å². The number of halogens is 1. The van der Waals surface area contributed by atoms with Crippen molar-refractivity contribution < 1.29 is 4.39 Å². The second-order valence-corrected chi connectivity index (χ2v) is 3.89. The van der Waals surface area contributed by atoms with Crippen molar-refractivity contribution in [3.05, 3.63) is 29.8 Å². The van der Waals surface area contributed by atoms with Gasteiger partial charge in [0.15, 0.2) is 0 Å². The minimum Gasteiger partial charge on any atom is -0.239 e. The van der Waals surface area contributed by atoms with Crippen LogP contribution in [0, 0.1) is 0 Å². The quantitative estimate of drug-likeness (QED) is 0.643. The molecule has 0 nitrogen and oxygen atoms in total. The highest BCUT2D eigenvalue weighted by Gasteiger charge is 2.04. The standard InChI is InChI=1S/C10H13FS/c1-8(2)9-5-3-4-6-10(9)12-7-11/h3-6,8H,7H2,1-2H3. The summed E-state index contributed by atoms with van der Waals surface area (Å²) < 4.78 is 12.1. The summed E-state index contributed by atoms with van der Waals surface area (Å²) in [6.45, 7) is 4.25. The molecule has 12 heavy (non-hydrogen) atoms. The summed E-state index contributed by atoms with van der Waals surface area (Å²) in [5, 5.41) is 0. The molecule has 0 aliphatic heterocycles. The van der Waals surface area contributed by atoms with Crippen LogP contribution in [0.1, 0.15) is 25.3 Å². The first-order valence-corrected chi connectivity index (χ1v) is 5.02. The highest BCUT2D eigenvalue weighted by molar-refractivity contribution is 7.99. The molecule has 0 amide bonds. The zero-order chi connectivity index (χ0) is 8.97. The molecule has 0 bridgehead atoms. The Hall–Kier alpha value is -0.500. The zero-order valence-corrected chi connectivity index (χ0v) is 8.20. The molecule has 66 valence electrons. The number of rotatable bonds is 3. The minimum atomic E-state index is -0.344. The van der Waals surface area contributed by atoms with Gasteiger partial charge in [-0.2, -0.15) is 0 Å². The molecule has 1 aromatic carbocycles. The maximum atomic E-state index is 12.1. The summed E-state index contributed by atoms with van der Waals surface area (Å²) in [5.74, 6) is 0.472. The van der Waals surface area contributed by atoms with Gasteiger partial charge in [0.25, 0.3) is 0 Å². The second-order valence-electron chi connectivity index (χ2n) is 2.95. The van der Waals surface area contributed by atoms with Crippen molar-refractivity contribution in [1.29, 1.82) is 0 Å². The van der Waals surface area contributed by atoms with Crippen LogP contribution in [0.5, 0.6) is 0 Å². The van der Waals surface area contributed by atoms with Gasteiger partial charge < -0.3 is 0 Å². The maximum absolute atomic E-state index is 12.1. The third-order valence-electron chi connectivity index (χ3n) is 1.75. The predicted molar refractivity (Wildman–Crippen MR) is 52.4 cm³/mol. The molecule has 0 saturated carbocycles. The van der Waals surface area contributed by atoms with Crippen molar-refractivity contribution in [3.63, 3.8) is 0 Å². The Balaban J connectivity index is 2.92. The van der Waals surface area contributed by atoms with E-state index in [9.17, 15) is 4.39 Å². The van der Waals surface area contributed by atoms with Gasteiger partial charge >= 0.3 is 0 Å². The molecule has 0 N–H and O–H groups in total. The minimum absolute atomic E-state index is 0.344. The highest BCUT2D eigenvalue weighted by Crippen LogP contribution is 2.27. The van der Waals surface area contributed by atoms with Crippen LogP contribution < -0.4 is 0 Å². The Morgan fingerprint density at radius 2 is 2.00 bits per heavy atom. The van der Waals surface area contributed by atoms with Gasteiger partial charge in [-0.25, -0.2) is 4.39 Å². The van der Waals surface area contributed by atoms with Gasteiger partial charge in [0.05, 0.1) is 0 Å². The molecule has 2 heteroatoms. The Morgan fingerprint density at radius 3 is 2.58 bits per heavy atom. The Kier molecular flexibility index (Phi) is 3.60. The van der Waals surface area contributed by atoms with E-state index < -0.39 is 0 Å². The number of thioether (sulfide) groups is 1. The summed E-state index contributed by atoms with van der Waals surface area (Å²) in [4.78, 5) is 1.06. The molecular weight excluding hydrogens is 171 g/mol. The zero-order valence-electron chi connectivity index (χ0n) is 7.38. The molecule has 0 fully saturated rings. The van der Waals surface area contributed by atoms with Crippen molar-refractivity contribution in [2.45, 2.75) is 24.7 Å². The molecule has 0 radical (unpaired) electrons. The van der Waals surface area contributed by atoms with Crippen molar-refractivity contribution in [2.75, 3.05) is 6.01 Å². The van der Waals surface area contributed by atoms with Crippen LogP contribution in [0.15, 0.2) is 29.2 Å². The lowest BCUT2D eigenvalue weighted by Gasteiger charge is -2.09. The molecule has 0 aliphatic carbocycles. The largest absolute Gasteiger partial charge is 0.239 e. The van der Waals surface area contributed by atoms with Crippen LogP contribution in [-0.2, 0) is 0 Å². The molecular formula is C10H13FS. The van der Waals surface area contributed by atoms with Crippen molar-refractivity contribution in [1.82, 2.24) is 0 Å². The summed E-state index contributed by atoms with van der Waals surface area (Å²) in [7, 11) is 0. The summed E-state index contributed by atoms with van der Waals surface area (Å²) in [6.07, 6.45) is 0. The highest BCUT2D eigenvalue weighted by atomic mass is 32.2. The van der Waals surface area contributed by atoms with E-state index in [1.54, 1.807) is 0 Å². The normalized spacial score (nSPS) is 10.7. The van der Waals surface area contributed by atoms with E-state index in [2.05, 4.69) is 19.9 Å². The van der Waals surface area contributed by atoms with Crippen molar-refractivity contribution in [2.24, 2.45) is 0 Å². The van der Waals surface area contributed by atoms with Gasteiger partial charge in [0.1, 0.15) is 6.01 Å². The summed E-state index contributed by atoms with van der Waals surface area (Å²) in [6, 6.07) is 7.63. The lowest BCUT2D eigenvalue weighted by molar-refractivity contribution is 0.605. The smallest absolute Gasteiger partial charge is 0.139 e.